The minimum absolute atomic E-state index is 0.00574. The SMILES string of the molecule is CC(C)(C)c1ccc(N(c2ccc(C(C)(C)C)cc2)c2cc3c4c(c2)-n2c5c(c6cc(C(C)(C)C)cc(c62)B4c2ccc(C(C)(C)C)cc2N3C2=c3oc4cc(C(C)(C)C)ccc4c3=CCC2)-c2ccccc2C5(C)C)cc1. The molecule has 4 nitrogen and oxygen atoms in total. The number of anilines is 5. The molecule has 0 amide bonds. The van der Waals surface area contributed by atoms with E-state index in [2.05, 4.69) is 272 Å². The van der Waals surface area contributed by atoms with Gasteiger partial charge in [0.1, 0.15) is 5.58 Å². The van der Waals surface area contributed by atoms with Crippen LogP contribution in [-0.4, -0.2) is 11.3 Å². The van der Waals surface area contributed by atoms with Gasteiger partial charge in [0.2, 0.25) is 0 Å². The van der Waals surface area contributed by atoms with Crippen LogP contribution < -0.4 is 36.8 Å². The number of nitrogens with zero attached hydrogens (tertiary/aromatic N) is 3. The normalized spacial score (nSPS) is 15.5. The van der Waals surface area contributed by atoms with Crippen molar-refractivity contribution in [2.45, 2.75) is 163 Å². The minimum atomic E-state index is -0.290. The summed E-state index contributed by atoms with van der Waals surface area (Å²) < 4.78 is 10.1. The topological polar surface area (TPSA) is 24.6 Å². The fourth-order valence-electron chi connectivity index (χ4n) is 13.7. The fourth-order valence-corrected chi connectivity index (χ4v) is 13.7. The highest BCUT2D eigenvalue weighted by atomic mass is 16.3. The molecule has 9 aromatic rings. The van der Waals surface area contributed by atoms with Crippen LogP contribution in [0, 0.1) is 0 Å². The first-order valence-corrected chi connectivity index (χ1v) is 28.8. The average molecular weight is 1020 g/mol. The molecule has 0 saturated heterocycles. The molecular weight excluding hydrogens is 946 g/mol. The Hall–Kier alpha value is -6.98. The van der Waals surface area contributed by atoms with Gasteiger partial charge in [-0.15, -0.1) is 0 Å². The maximum atomic E-state index is 7.35. The van der Waals surface area contributed by atoms with Crippen molar-refractivity contribution in [1.29, 1.82) is 0 Å². The van der Waals surface area contributed by atoms with Gasteiger partial charge in [-0.25, -0.2) is 0 Å². The Labute approximate surface area is 464 Å². The van der Waals surface area contributed by atoms with Gasteiger partial charge in [-0.05, 0) is 150 Å². The van der Waals surface area contributed by atoms with Crippen molar-refractivity contribution < 1.29 is 4.42 Å². The molecule has 4 aliphatic rings. The van der Waals surface area contributed by atoms with Gasteiger partial charge in [-0.3, -0.25) is 0 Å². The molecule has 0 spiro atoms. The first-order chi connectivity index (χ1) is 36.6. The van der Waals surface area contributed by atoms with E-state index in [9.17, 15) is 0 Å². The molecule has 2 aliphatic heterocycles. The Morgan fingerprint density at radius 3 is 1.69 bits per heavy atom. The van der Waals surface area contributed by atoms with E-state index < -0.39 is 0 Å². The molecule has 4 heterocycles. The molecule has 2 aromatic heterocycles. The van der Waals surface area contributed by atoms with E-state index in [1.807, 2.05) is 0 Å². The van der Waals surface area contributed by atoms with E-state index in [1.165, 1.54) is 111 Å². The third kappa shape index (κ3) is 7.52. The van der Waals surface area contributed by atoms with Gasteiger partial charge in [-0.2, -0.15) is 0 Å². The van der Waals surface area contributed by atoms with Gasteiger partial charge >= 0.3 is 0 Å². The second-order valence-electron chi connectivity index (χ2n) is 29.1. The highest BCUT2D eigenvalue weighted by Gasteiger charge is 2.49. The molecule has 13 rings (SSSR count). The number of fused-ring (bicyclic) bond motifs is 12. The molecule has 0 radical (unpaired) electrons. The third-order valence-corrected chi connectivity index (χ3v) is 18.2. The monoisotopic (exact) mass is 1020 g/mol. The summed E-state index contributed by atoms with van der Waals surface area (Å²) in [5, 5.41) is 3.74. The van der Waals surface area contributed by atoms with Crippen LogP contribution in [0.2, 0.25) is 0 Å². The lowest BCUT2D eigenvalue weighted by molar-refractivity contribution is 0.559. The van der Waals surface area contributed by atoms with Gasteiger partial charge < -0.3 is 18.8 Å². The van der Waals surface area contributed by atoms with Crippen molar-refractivity contribution in [3.8, 4) is 16.8 Å². The van der Waals surface area contributed by atoms with E-state index in [0.29, 0.717) is 0 Å². The highest BCUT2D eigenvalue weighted by molar-refractivity contribution is 7.00. The van der Waals surface area contributed by atoms with Crippen molar-refractivity contribution in [3.05, 3.63) is 183 Å². The summed E-state index contributed by atoms with van der Waals surface area (Å²) in [5.74, 6) is 0. The summed E-state index contributed by atoms with van der Waals surface area (Å²) in [6, 6.07) is 52.7. The van der Waals surface area contributed by atoms with Crippen LogP contribution in [0.15, 0.2) is 138 Å². The lowest BCUT2D eigenvalue weighted by atomic mass is 9.33. The zero-order valence-electron chi connectivity index (χ0n) is 49.5. The van der Waals surface area contributed by atoms with Crippen LogP contribution in [0.5, 0.6) is 0 Å². The third-order valence-electron chi connectivity index (χ3n) is 18.2. The average Bonchev–Trinajstić information content (AvgIpc) is 3.97. The molecule has 0 bridgehead atoms. The van der Waals surface area contributed by atoms with Crippen LogP contribution in [0.25, 0.3) is 50.5 Å². The van der Waals surface area contributed by atoms with Crippen LogP contribution >= 0.6 is 0 Å². The van der Waals surface area contributed by atoms with Crippen molar-refractivity contribution in [3.63, 3.8) is 0 Å². The molecule has 394 valence electrons. The largest absolute Gasteiger partial charge is 0.454 e. The quantitative estimate of drug-likeness (QED) is 0.164. The second kappa shape index (κ2) is 16.5. The van der Waals surface area contributed by atoms with Crippen LogP contribution in [-0.2, 0) is 32.5 Å². The number of furan rings is 1. The molecule has 0 atom stereocenters. The molecule has 0 saturated carbocycles. The van der Waals surface area contributed by atoms with E-state index in [1.54, 1.807) is 0 Å². The highest BCUT2D eigenvalue weighted by Crippen LogP contribution is 2.56. The summed E-state index contributed by atoms with van der Waals surface area (Å²) in [6.07, 6.45) is 4.18. The maximum absolute atomic E-state index is 7.35. The van der Waals surface area contributed by atoms with Gasteiger partial charge in [0.05, 0.1) is 11.4 Å². The summed E-state index contributed by atoms with van der Waals surface area (Å²) >= 11 is 0. The smallest absolute Gasteiger partial charge is 0.252 e. The van der Waals surface area contributed by atoms with Crippen LogP contribution in [0.3, 0.4) is 0 Å². The number of hydrogen-bond acceptors (Lipinski definition) is 3. The zero-order valence-corrected chi connectivity index (χ0v) is 49.5. The molecule has 2 aliphatic carbocycles. The van der Waals surface area contributed by atoms with Crippen molar-refractivity contribution >= 4 is 85.2 Å². The number of rotatable bonds is 4. The van der Waals surface area contributed by atoms with Gasteiger partial charge in [0.15, 0.2) is 5.42 Å². The first kappa shape index (κ1) is 50.5. The Morgan fingerprint density at radius 1 is 0.513 bits per heavy atom. The fraction of sp³-hybridized carbons (Fsp3) is 0.342. The Morgan fingerprint density at radius 2 is 1.08 bits per heavy atom. The standard InChI is InChI=1S/C73H78BN3O/c1-68(2,3)43-25-31-48(32-26-43)75(49-33-27-44(28-34-49)69(4,5)6)50-41-60-64-61(42-50)77-65-54(63-53-21-18-19-23-55(53)73(16,17)67(63)77)37-47(72(13,14)15)38-57(65)74(64)56-36-30-45(70(7,8)9)39-59(56)76(60)58-24-20-22-52-51-35-29-46(71(10,11)12)40-62(51)78-66(52)58/h18-19,21-23,25-42H,20,24H2,1-17H3. The van der Waals surface area contributed by atoms with Gasteiger partial charge in [0.25, 0.3) is 6.71 Å². The summed E-state index contributed by atoms with van der Waals surface area (Å²) in [4.78, 5) is 5.22. The molecule has 0 fully saturated rings. The molecule has 0 N–H and O–H groups in total. The second-order valence-corrected chi connectivity index (χ2v) is 29.1. The van der Waals surface area contributed by atoms with Gasteiger partial charge in [-0.1, -0.05) is 203 Å². The molecule has 0 unspecified atom stereocenters. The number of aromatic nitrogens is 1. The summed E-state index contributed by atoms with van der Waals surface area (Å²) in [5.41, 5.74) is 27.2. The zero-order chi connectivity index (χ0) is 55.1. The Kier molecular flexibility index (Phi) is 10.7. The van der Waals surface area contributed by atoms with E-state index in [-0.39, 0.29) is 39.2 Å². The van der Waals surface area contributed by atoms with Crippen molar-refractivity contribution in [2.24, 2.45) is 0 Å². The summed E-state index contributed by atoms with van der Waals surface area (Å²) in [6.45, 7) is 39.9. The van der Waals surface area contributed by atoms with E-state index in [0.717, 1.165) is 40.9 Å². The molecular formula is C73H78BN3O. The Bertz CT molecular complexity index is 4070. The predicted molar refractivity (Wildman–Crippen MR) is 335 cm³/mol. The van der Waals surface area contributed by atoms with Crippen molar-refractivity contribution in [2.75, 3.05) is 9.80 Å². The first-order valence-electron chi connectivity index (χ1n) is 28.8. The van der Waals surface area contributed by atoms with E-state index >= 15 is 0 Å². The predicted octanol–water partition coefficient (Wildman–Crippen LogP) is 16.3. The van der Waals surface area contributed by atoms with E-state index in [4.69, 9.17) is 4.42 Å². The lowest BCUT2D eigenvalue weighted by Gasteiger charge is -2.43. The number of benzene rings is 7. The number of hydrogen-bond donors (Lipinski definition) is 0. The molecule has 7 aromatic carbocycles. The minimum Gasteiger partial charge on any atom is -0.454 e. The van der Waals surface area contributed by atoms with Crippen molar-refractivity contribution in [1.82, 2.24) is 4.57 Å². The summed E-state index contributed by atoms with van der Waals surface area (Å²) in [7, 11) is 0. The maximum Gasteiger partial charge on any atom is 0.252 e. The van der Waals surface area contributed by atoms with Gasteiger partial charge in [0, 0.05) is 66.6 Å². The molecule has 78 heavy (non-hydrogen) atoms. The van der Waals surface area contributed by atoms with Crippen LogP contribution in [0.1, 0.15) is 170 Å². The lowest BCUT2D eigenvalue weighted by Crippen LogP contribution is -2.61. The van der Waals surface area contributed by atoms with Crippen LogP contribution in [0.4, 0.5) is 28.4 Å². The molecule has 5 heteroatoms. The Balaban J connectivity index is 1.21.